The van der Waals surface area contributed by atoms with Gasteiger partial charge in [0.1, 0.15) is 5.54 Å². The minimum absolute atomic E-state index is 0.495. The summed E-state index contributed by atoms with van der Waals surface area (Å²) in [5.41, 5.74) is -0.611. The van der Waals surface area contributed by atoms with Gasteiger partial charge in [0.15, 0.2) is 0 Å². The van der Waals surface area contributed by atoms with Crippen LogP contribution in [0.25, 0.3) is 0 Å². The van der Waals surface area contributed by atoms with Gasteiger partial charge in [-0.15, -0.1) is 0 Å². The molecule has 0 bridgehead atoms. The van der Waals surface area contributed by atoms with Crippen molar-refractivity contribution in [2.24, 2.45) is 11.8 Å². The first kappa shape index (κ1) is 10.9. The molecule has 3 nitrogen and oxygen atoms in total. The topological polar surface area (TPSA) is 49.3 Å². The number of hydrogen-bond donors (Lipinski definition) is 2. The number of hydrogen-bond acceptors (Lipinski definition) is 3. The third-order valence-electron chi connectivity index (χ3n) is 4.13. The van der Waals surface area contributed by atoms with Crippen LogP contribution >= 0.6 is 11.8 Å². The maximum absolute atomic E-state index is 11.5. The lowest BCUT2D eigenvalue weighted by Crippen LogP contribution is -2.57. The molecule has 0 aromatic heterocycles. The van der Waals surface area contributed by atoms with Gasteiger partial charge in [-0.1, -0.05) is 0 Å². The average Bonchev–Trinajstić information content (AvgIpc) is 3.15. The lowest BCUT2D eigenvalue weighted by Gasteiger charge is -2.31. The van der Waals surface area contributed by atoms with E-state index < -0.39 is 11.5 Å². The number of carbonyl (C=O) groups is 1. The van der Waals surface area contributed by atoms with E-state index >= 15 is 0 Å². The Morgan fingerprint density at radius 1 is 1.31 bits per heavy atom. The minimum atomic E-state index is -0.635. The summed E-state index contributed by atoms with van der Waals surface area (Å²) in [5.74, 6) is 2.65. The monoisotopic (exact) mass is 241 g/mol. The van der Waals surface area contributed by atoms with E-state index in [1.807, 2.05) is 0 Å². The minimum Gasteiger partial charge on any atom is -0.480 e. The predicted molar refractivity (Wildman–Crippen MR) is 64.7 cm³/mol. The lowest BCUT2D eigenvalue weighted by atomic mass is 9.95. The van der Waals surface area contributed by atoms with Crippen molar-refractivity contribution in [1.29, 1.82) is 0 Å². The standard InChI is InChI=1S/C12H19NO2S/c14-11(15)12(5-6-16-7-12)13-10(8-1-2-8)9-3-4-9/h8-10,13H,1-7H2,(H,14,15). The third-order valence-corrected chi connectivity index (χ3v) is 5.32. The van der Waals surface area contributed by atoms with Gasteiger partial charge in [0, 0.05) is 11.8 Å². The maximum atomic E-state index is 11.5. The molecule has 2 N–H and O–H groups in total. The zero-order chi connectivity index (χ0) is 11.2. The number of thioether (sulfide) groups is 1. The van der Waals surface area contributed by atoms with Crippen LogP contribution in [0.3, 0.4) is 0 Å². The van der Waals surface area contributed by atoms with E-state index in [0.717, 1.165) is 29.8 Å². The first-order valence-electron chi connectivity index (χ1n) is 6.30. The molecule has 0 aromatic carbocycles. The van der Waals surface area contributed by atoms with Crippen LogP contribution in [0.5, 0.6) is 0 Å². The van der Waals surface area contributed by atoms with E-state index in [1.54, 1.807) is 11.8 Å². The second-order valence-corrected chi connectivity index (χ2v) is 6.64. The highest BCUT2D eigenvalue weighted by Gasteiger charge is 2.49. The molecule has 16 heavy (non-hydrogen) atoms. The van der Waals surface area contributed by atoms with Crippen LogP contribution in [-0.4, -0.2) is 34.2 Å². The maximum Gasteiger partial charge on any atom is 0.324 e. The lowest BCUT2D eigenvalue weighted by molar-refractivity contribution is -0.144. The van der Waals surface area contributed by atoms with E-state index in [9.17, 15) is 9.90 Å². The smallest absolute Gasteiger partial charge is 0.324 e. The summed E-state index contributed by atoms with van der Waals surface area (Å²) in [7, 11) is 0. The second kappa shape index (κ2) is 3.91. The zero-order valence-corrected chi connectivity index (χ0v) is 10.3. The Hall–Kier alpha value is -0.220. The van der Waals surface area contributed by atoms with E-state index in [0.29, 0.717) is 6.04 Å². The van der Waals surface area contributed by atoms with Crippen molar-refractivity contribution in [1.82, 2.24) is 5.32 Å². The van der Waals surface area contributed by atoms with Gasteiger partial charge >= 0.3 is 5.97 Å². The summed E-state index contributed by atoms with van der Waals surface area (Å²) >= 11 is 1.77. The highest BCUT2D eigenvalue weighted by Crippen LogP contribution is 2.46. The zero-order valence-electron chi connectivity index (χ0n) is 9.45. The fourth-order valence-electron chi connectivity index (χ4n) is 2.76. The van der Waals surface area contributed by atoms with Crippen molar-refractivity contribution in [2.45, 2.75) is 43.7 Å². The summed E-state index contributed by atoms with van der Waals surface area (Å²) < 4.78 is 0. The van der Waals surface area contributed by atoms with E-state index in [4.69, 9.17) is 0 Å². The summed E-state index contributed by atoms with van der Waals surface area (Å²) in [4.78, 5) is 11.5. The van der Waals surface area contributed by atoms with Crippen LogP contribution in [0, 0.1) is 11.8 Å². The van der Waals surface area contributed by atoms with Gasteiger partial charge in [0.25, 0.3) is 0 Å². The molecule has 0 radical (unpaired) electrons. The van der Waals surface area contributed by atoms with Crippen molar-refractivity contribution in [3.05, 3.63) is 0 Å². The molecule has 2 aliphatic carbocycles. The average molecular weight is 241 g/mol. The molecule has 1 heterocycles. The fraction of sp³-hybridized carbons (Fsp3) is 0.917. The summed E-state index contributed by atoms with van der Waals surface area (Å²) in [6.07, 6.45) is 6.00. The van der Waals surface area contributed by atoms with Gasteiger partial charge in [-0.3, -0.25) is 10.1 Å². The molecule has 2 saturated carbocycles. The Labute approximate surface area is 100 Å². The van der Waals surface area contributed by atoms with Gasteiger partial charge in [-0.25, -0.2) is 0 Å². The van der Waals surface area contributed by atoms with Crippen LogP contribution in [-0.2, 0) is 4.79 Å². The molecule has 4 heteroatoms. The first-order valence-corrected chi connectivity index (χ1v) is 7.46. The number of rotatable bonds is 5. The van der Waals surface area contributed by atoms with E-state index in [1.165, 1.54) is 25.7 Å². The quantitative estimate of drug-likeness (QED) is 0.769. The van der Waals surface area contributed by atoms with Crippen molar-refractivity contribution in [2.75, 3.05) is 11.5 Å². The Balaban J connectivity index is 1.71. The SMILES string of the molecule is O=C(O)C1(NC(C2CC2)C2CC2)CCSC1. The number of aliphatic carboxylic acids is 1. The van der Waals surface area contributed by atoms with Gasteiger partial charge < -0.3 is 5.11 Å². The molecule has 3 rings (SSSR count). The van der Waals surface area contributed by atoms with Crippen LogP contribution in [0.2, 0.25) is 0 Å². The molecule has 1 aliphatic heterocycles. The highest BCUT2D eigenvalue weighted by atomic mass is 32.2. The van der Waals surface area contributed by atoms with E-state index in [-0.39, 0.29) is 0 Å². The molecule has 1 atom stereocenters. The highest BCUT2D eigenvalue weighted by molar-refractivity contribution is 7.99. The number of carboxylic acid groups (broad SMARTS) is 1. The molecule has 0 aromatic rings. The van der Waals surface area contributed by atoms with E-state index in [2.05, 4.69) is 5.32 Å². The molecule has 0 spiro atoms. The molecule has 90 valence electrons. The van der Waals surface area contributed by atoms with Gasteiger partial charge in [-0.05, 0) is 49.7 Å². The predicted octanol–water partition coefficient (Wildman–Crippen LogP) is 1.72. The molecule has 0 amide bonds. The van der Waals surface area contributed by atoms with Crippen LogP contribution < -0.4 is 5.32 Å². The Morgan fingerprint density at radius 3 is 2.31 bits per heavy atom. The molecule has 3 fully saturated rings. The fourth-order valence-corrected chi connectivity index (χ4v) is 4.10. The molecule has 1 saturated heterocycles. The van der Waals surface area contributed by atoms with Crippen molar-refractivity contribution in [3.63, 3.8) is 0 Å². The first-order chi connectivity index (χ1) is 7.71. The summed E-state index contributed by atoms with van der Waals surface area (Å²) in [6.45, 7) is 0. The number of nitrogens with one attached hydrogen (secondary N) is 1. The van der Waals surface area contributed by atoms with Gasteiger partial charge in [0.2, 0.25) is 0 Å². The molecular formula is C12H19NO2S. The second-order valence-electron chi connectivity index (χ2n) is 5.53. The van der Waals surface area contributed by atoms with Crippen molar-refractivity contribution >= 4 is 17.7 Å². The molecule has 3 aliphatic rings. The summed E-state index contributed by atoms with van der Waals surface area (Å²) in [5, 5.41) is 13.0. The Bertz CT molecular complexity index is 281. The van der Waals surface area contributed by atoms with Crippen LogP contribution in [0.1, 0.15) is 32.1 Å². The van der Waals surface area contributed by atoms with Crippen LogP contribution in [0.15, 0.2) is 0 Å². The molecular weight excluding hydrogens is 222 g/mol. The van der Waals surface area contributed by atoms with Crippen molar-refractivity contribution < 1.29 is 9.90 Å². The third kappa shape index (κ3) is 1.97. The van der Waals surface area contributed by atoms with Crippen LogP contribution in [0.4, 0.5) is 0 Å². The summed E-state index contributed by atoms with van der Waals surface area (Å²) in [6, 6.07) is 0.495. The normalized spacial score (nSPS) is 34.6. The molecule has 1 unspecified atom stereocenters. The van der Waals surface area contributed by atoms with Gasteiger partial charge in [0.05, 0.1) is 0 Å². The van der Waals surface area contributed by atoms with Gasteiger partial charge in [-0.2, -0.15) is 11.8 Å². The van der Waals surface area contributed by atoms with Crippen molar-refractivity contribution in [3.8, 4) is 0 Å². The largest absolute Gasteiger partial charge is 0.480 e. The number of carboxylic acids is 1. The Kier molecular flexibility index (Phi) is 2.67. The Morgan fingerprint density at radius 2 is 1.94 bits per heavy atom.